The van der Waals surface area contributed by atoms with E-state index in [0.29, 0.717) is 15.7 Å². The molecule has 2 aromatic rings. The summed E-state index contributed by atoms with van der Waals surface area (Å²) in [6.45, 7) is 3.09. The van der Waals surface area contributed by atoms with Crippen molar-refractivity contribution >= 4 is 38.9 Å². The van der Waals surface area contributed by atoms with Crippen molar-refractivity contribution in [3.8, 4) is 5.69 Å². The number of benzene rings is 1. The van der Waals surface area contributed by atoms with Gasteiger partial charge in [0, 0.05) is 10.0 Å². The molecule has 0 aliphatic heterocycles. The highest BCUT2D eigenvalue weighted by Gasteiger charge is 2.27. The molecule has 2 N–H and O–H groups in total. The minimum absolute atomic E-state index is 0.0722. The molecule has 0 radical (unpaired) electrons. The maximum absolute atomic E-state index is 12.1. The van der Waals surface area contributed by atoms with Gasteiger partial charge in [0.15, 0.2) is 5.82 Å². The third-order valence-electron chi connectivity index (χ3n) is 2.65. The molecular weight excluding hydrogens is 323 g/mol. The summed E-state index contributed by atoms with van der Waals surface area (Å²) in [7, 11) is -3.60. The molecule has 0 bridgehead atoms. The lowest BCUT2D eigenvalue weighted by Gasteiger charge is -2.07. The fourth-order valence-corrected chi connectivity index (χ4v) is 3.04. The number of aromatic nitrogens is 3. The second-order valence-corrected chi connectivity index (χ2v) is 7.71. The van der Waals surface area contributed by atoms with Gasteiger partial charge in [-0.15, -0.1) is 5.10 Å². The van der Waals surface area contributed by atoms with Crippen LogP contribution in [0.2, 0.25) is 10.0 Å². The first-order chi connectivity index (χ1) is 9.23. The first-order valence-corrected chi connectivity index (χ1v) is 7.95. The average Bonchev–Trinajstić information content (AvgIpc) is 2.70. The molecular formula is C11H12Cl2N4O2S. The number of rotatable bonds is 3. The van der Waals surface area contributed by atoms with Gasteiger partial charge in [-0.2, -0.15) is 4.68 Å². The molecule has 0 saturated carbocycles. The highest BCUT2D eigenvalue weighted by atomic mass is 35.5. The van der Waals surface area contributed by atoms with Gasteiger partial charge in [-0.1, -0.05) is 28.4 Å². The summed E-state index contributed by atoms with van der Waals surface area (Å²) >= 11 is 11.8. The van der Waals surface area contributed by atoms with E-state index in [0.717, 1.165) is 0 Å². The summed E-state index contributed by atoms with van der Waals surface area (Å²) in [5, 5.41) is 7.30. The van der Waals surface area contributed by atoms with Gasteiger partial charge in [0.25, 0.3) is 0 Å². The van der Waals surface area contributed by atoms with Crippen LogP contribution in [0.15, 0.2) is 23.2 Å². The zero-order chi connectivity index (χ0) is 15.1. The summed E-state index contributed by atoms with van der Waals surface area (Å²) < 4.78 is 25.4. The number of sulfone groups is 1. The van der Waals surface area contributed by atoms with Crippen LogP contribution in [-0.2, 0) is 9.84 Å². The van der Waals surface area contributed by atoms with Crippen LogP contribution in [0.1, 0.15) is 13.8 Å². The highest BCUT2D eigenvalue weighted by molar-refractivity contribution is 7.92. The lowest BCUT2D eigenvalue weighted by Crippen LogP contribution is -2.16. The first-order valence-electron chi connectivity index (χ1n) is 5.65. The summed E-state index contributed by atoms with van der Waals surface area (Å²) in [6, 6.07) is 4.67. The molecule has 108 valence electrons. The lowest BCUT2D eigenvalue weighted by molar-refractivity contribution is 0.583. The first kappa shape index (κ1) is 15.1. The number of halogens is 2. The molecule has 0 saturated heterocycles. The largest absolute Gasteiger partial charge is 0.381 e. The van der Waals surface area contributed by atoms with E-state index in [4.69, 9.17) is 28.9 Å². The van der Waals surface area contributed by atoms with Gasteiger partial charge in [-0.05, 0) is 32.0 Å². The summed E-state index contributed by atoms with van der Waals surface area (Å²) in [6.07, 6.45) is 0. The van der Waals surface area contributed by atoms with Crippen molar-refractivity contribution in [1.82, 2.24) is 15.0 Å². The number of nitrogens with two attached hydrogens (primary N) is 1. The van der Waals surface area contributed by atoms with Crippen LogP contribution in [0.4, 0.5) is 5.82 Å². The Bertz CT molecular complexity index is 736. The second kappa shape index (κ2) is 5.23. The molecule has 0 amide bonds. The Morgan fingerprint density at radius 1 is 1.20 bits per heavy atom. The van der Waals surface area contributed by atoms with Crippen LogP contribution in [0.3, 0.4) is 0 Å². The maximum Gasteiger partial charge on any atom is 0.221 e. The lowest BCUT2D eigenvalue weighted by atomic mass is 10.3. The van der Waals surface area contributed by atoms with Crippen LogP contribution >= 0.6 is 23.2 Å². The van der Waals surface area contributed by atoms with E-state index in [9.17, 15) is 8.42 Å². The number of hydrogen-bond acceptors (Lipinski definition) is 5. The van der Waals surface area contributed by atoms with Gasteiger partial charge in [-0.25, -0.2) is 8.42 Å². The van der Waals surface area contributed by atoms with E-state index in [1.807, 2.05) is 0 Å². The quantitative estimate of drug-likeness (QED) is 0.930. The number of nitrogens with zero attached hydrogens (tertiary/aromatic N) is 3. The van der Waals surface area contributed by atoms with E-state index >= 15 is 0 Å². The van der Waals surface area contributed by atoms with Gasteiger partial charge in [-0.3, -0.25) is 0 Å². The molecule has 20 heavy (non-hydrogen) atoms. The van der Waals surface area contributed by atoms with Crippen LogP contribution in [0.5, 0.6) is 0 Å². The highest BCUT2D eigenvalue weighted by Crippen LogP contribution is 2.26. The number of hydrogen-bond donors (Lipinski definition) is 1. The van der Waals surface area contributed by atoms with Crippen molar-refractivity contribution < 1.29 is 8.42 Å². The van der Waals surface area contributed by atoms with E-state index in [1.165, 1.54) is 4.68 Å². The fourth-order valence-electron chi connectivity index (χ4n) is 1.55. The molecule has 1 heterocycles. The maximum atomic E-state index is 12.1. The molecule has 0 atom stereocenters. The number of anilines is 1. The second-order valence-electron chi connectivity index (χ2n) is 4.41. The Labute approximate surface area is 126 Å². The third-order valence-corrected chi connectivity index (χ3v) is 5.16. The van der Waals surface area contributed by atoms with Crippen molar-refractivity contribution in [2.75, 3.05) is 5.73 Å². The van der Waals surface area contributed by atoms with Crippen molar-refractivity contribution in [3.63, 3.8) is 0 Å². The molecule has 2 rings (SSSR count). The zero-order valence-electron chi connectivity index (χ0n) is 10.7. The van der Waals surface area contributed by atoms with E-state index in [2.05, 4.69) is 10.3 Å². The van der Waals surface area contributed by atoms with Crippen LogP contribution in [0, 0.1) is 0 Å². The average molecular weight is 335 g/mol. The summed E-state index contributed by atoms with van der Waals surface area (Å²) in [4.78, 5) is 0. The van der Waals surface area contributed by atoms with Gasteiger partial charge < -0.3 is 5.73 Å². The Morgan fingerprint density at radius 3 is 2.25 bits per heavy atom. The Hall–Kier alpha value is -1.31. The fraction of sp³-hybridized carbons (Fsp3) is 0.273. The minimum atomic E-state index is -3.60. The smallest absolute Gasteiger partial charge is 0.221 e. The normalized spacial score (nSPS) is 12.1. The van der Waals surface area contributed by atoms with Crippen molar-refractivity contribution in [1.29, 1.82) is 0 Å². The van der Waals surface area contributed by atoms with Gasteiger partial charge in [0.05, 0.1) is 10.9 Å². The van der Waals surface area contributed by atoms with Gasteiger partial charge >= 0.3 is 0 Å². The van der Waals surface area contributed by atoms with Crippen molar-refractivity contribution in [2.45, 2.75) is 24.1 Å². The predicted octanol–water partition coefficient (Wildman–Crippen LogP) is 2.34. The van der Waals surface area contributed by atoms with E-state index < -0.39 is 15.1 Å². The molecule has 6 nitrogen and oxygen atoms in total. The molecule has 1 aromatic carbocycles. The Morgan fingerprint density at radius 2 is 1.75 bits per heavy atom. The topological polar surface area (TPSA) is 90.9 Å². The standard InChI is InChI=1S/C11H12Cl2N4O2S/c1-6(2)20(18,19)11-10(14)17(16-15-11)9-4-7(12)3-8(13)5-9/h3-6H,14H2,1-2H3. The van der Waals surface area contributed by atoms with E-state index in [1.54, 1.807) is 32.0 Å². The predicted molar refractivity (Wildman–Crippen MR) is 78.1 cm³/mol. The van der Waals surface area contributed by atoms with Gasteiger partial charge in [0.2, 0.25) is 14.9 Å². The van der Waals surface area contributed by atoms with Crippen LogP contribution in [0.25, 0.3) is 5.69 Å². The minimum Gasteiger partial charge on any atom is -0.381 e. The molecule has 1 aromatic heterocycles. The third kappa shape index (κ3) is 2.61. The van der Waals surface area contributed by atoms with E-state index in [-0.39, 0.29) is 10.8 Å². The molecule has 0 aliphatic carbocycles. The van der Waals surface area contributed by atoms with Crippen LogP contribution < -0.4 is 5.73 Å². The Balaban J connectivity index is 2.60. The number of nitrogen functional groups attached to an aromatic ring is 1. The molecule has 0 unspecified atom stereocenters. The SMILES string of the molecule is CC(C)S(=O)(=O)c1nnn(-c2cc(Cl)cc(Cl)c2)c1N. The molecule has 9 heteroatoms. The van der Waals surface area contributed by atoms with Crippen molar-refractivity contribution in [2.24, 2.45) is 0 Å². The van der Waals surface area contributed by atoms with Gasteiger partial charge in [0.1, 0.15) is 0 Å². The molecule has 0 aliphatic rings. The Kier molecular flexibility index (Phi) is 3.95. The monoisotopic (exact) mass is 334 g/mol. The molecule has 0 spiro atoms. The summed E-state index contributed by atoms with van der Waals surface area (Å²) in [5.41, 5.74) is 6.27. The van der Waals surface area contributed by atoms with Crippen LogP contribution in [-0.4, -0.2) is 28.7 Å². The van der Waals surface area contributed by atoms with Crippen molar-refractivity contribution in [3.05, 3.63) is 28.2 Å². The molecule has 0 fully saturated rings. The zero-order valence-corrected chi connectivity index (χ0v) is 13.0. The summed E-state index contributed by atoms with van der Waals surface area (Å²) in [5.74, 6) is -0.0722.